The summed E-state index contributed by atoms with van der Waals surface area (Å²) in [6.07, 6.45) is 1.33. The van der Waals surface area contributed by atoms with E-state index < -0.39 is 0 Å². The standard InChI is InChI=1S/C12H16N4O2/c1-3-9-4-5-11(18-2)10(8-9)16-12(6-7-17)13-14-15-16/h4-5,8,17H,3,6-7H2,1-2H3. The molecule has 0 saturated heterocycles. The number of tetrazole rings is 1. The quantitative estimate of drug-likeness (QED) is 0.846. The molecule has 0 bridgehead atoms. The number of aliphatic hydroxyl groups excluding tert-OH is 1. The molecule has 1 aromatic heterocycles. The lowest BCUT2D eigenvalue weighted by Crippen LogP contribution is -2.07. The van der Waals surface area contributed by atoms with Gasteiger partial charge >= 0.3 is 0 Å². The predicted octanol–water partition coefficient (Wildman–Crippen LogP) is 0.768. The van der Waals surface area contributed by atoms with E-state index in [1.807, 2.05) is 18.2 Å². The number of aryl methyl sites for hydroxylation is 1. The highest BCUT2D eigenvalue weighted by molar-refractivity contribution is 5.48. The summed E-state index contributed by atoms with van der Waals surface area (Å²) in [7, 11) is 1.61. The van der Waals surface area contributed by atoms with Crippen molar-refractivity contribution in [2.24, 2.45) is 0 Å². The molecule has 0 radical (unpaired) electrons. The van der Waals surface area contributed by atoms with Gasteiger partial charge in [0, 0.05) is 6.42 Å². The molecule has 0 aliphatic rings. The van der Waals surface area contributed by atoms with Crippen molar-refractivity contribution in [3.05, 3.63) is 29.6 Å². The van der Waals surface area contributed by atoms with Crippen molar-refractivity contribution < 1.29 is 9.84 Å². The largest absolute Gasteiger partial charge is 0.494 e. The lowest BCUT2D eigenvalue weighted by Gasteiger charge is -2.10. The number of methoxy groups -OCH3 is 1. The Bertz CT molecular complexity index is 525. The summed E-state index contributed by atoms with van der Waals surface area (Å²) in [6, 6.07) is 5.91. The third-order valence-electron chi connectivity index (χ3n) is 2.75. The maximum atomic E-state index is 9.00. The van der Waals surface area contributed by atoms with Crippen molar-refractivity contribution in [2.75, 3.05) is 13.7 Å². The van der Waals surface area contributed by atoms with Crippen LogP contribution in [0.3, 0.4) is 0 Å². The Morgan fingerprint density at radius 2 is 2.22 bits per heavy atom. The maximum Gasteiger partial charge on any atom is 0.159 e. The van der Waals surface area contributed by atoms with Crippen LogP contribution in [0.15, 0.2) is 18.2 Å². The highest BCUT2D eigenvalue weighted by Crippen LogP contribution is 2.24. The van der Waals surface area contributed by atoms with E-state index >= 15 is 0 Å². The van der Waals surface area contributed by atoms with Crippen molar-refractivity contribution >= 4 is 0 Å². The van der Waals surface area contributed by atoms with Crippen LogP contribution in [0.1, 0.15) is 18.3 Å². The number of hydrogen-bond acceptors (Lipinski definition) is 5. The van der Waals surface area contributed by atoms with Crippen LogP contribution in [0.4, 0.5) is 0 Å². The maximum absolute atomic E-state index is 9.00. The Morgan fingerprint density at radius 1 is 1.39 bits per heavy atom. The number of nitrogens with zero attached hydrogens (tertiary/aromatic N) is 4. The highest BCUT2D eigenvalue weighted by atomic mass is 16.5. The minimum atomic E-state index is 0.0101. The smallest absolute Gasteiger partial charge is 0.159 e. The molecule has 0 saturated carbocycles. The predicted molar refractivity (Wildman–Crippen MR) is 65.9 cm³/mol. The Kier molecular flexibility index (Phi) is 3.88. The fourth-order valence-corrected chi connectivity index (χ4v) is 1.77. The van der Waals surface area contributed by atoms with Crippen LogP contribution in [-0.4, -0.2) is 39.0 Å². The van der Waals surface area contributed by atoms with Crippen molar-refractivity contribution in [3.8, 4) is 11.4 Å². The lowest BCUT2D eigenvalue weighted by atomic mass is 10.1. The summed E-state index contributed by atoms with van der Waals surface area (Å²) < 4.78 is 6.93. The molecule has 96 valence electrons. The summed E-state index contributed by atoms with van der Waals surface area (Å²) in [5.74, 6) is 1.32. The first kappa shape index (κ1) is 12.5. The second-order valence-electron chi connectivity index (χ2n) is 3.84. The van der Waals surface area contributed by atoms with E-state index in [9.17, 15) is 0 Å². The van der Waals surface area contributed by atoms with E-state index in [4.69, 9.17) is 9.84 Å². The molecule has 0 atom stereocenters. The molecule has 18 heavy (non-hydrogen) atoms. The Morgan fingerprint density at radius 3 is 2.89 bits per heavy atom. The number of benzene rings is 1. The zero-order chi connectivity index (χ0) is 13.0. The number of rotatable bonds is 5. The summed E-state index contributed by atoms with van der Waals surface area (Å²) in [4.78, 5) is 0. The van der Waals surface area contributed by atoms with Gasteiger partial charge in [-0.1, -0.05) is 13.0 Å². The van der Waals surface area contributed by atoms with E-state index in [-0.39, 0.29) is 6.61 Å². The van der Waals surface area contributed by atoms with Gasteiger partial charge in [-0.25, -0.2) is 0 Å². The first-order valence-electron chi connectivity index (χ1n) is 5.85. The molecule has 0 unspecified atom stereocenters. The minimum absolute atomic E-state index is 0.0101. The number of ether oxygens (including phenoxy) is 1. The molecule has 2 rings (SSSR count). The molecular formula is C12H16N4O2. The molecule has 1 aromatic carbocycles. The normalized spacial score (nSPS) is 10.6. The average Bonchev–Trinajstić information content (AvgIpc) is 2.86. The first-order chi connectivity index (χ1) is 8.80. The number of aliphatic hydroxyl groups is 1. The zero-order valence-corrected chi connectivity index (χ0v) is 10.5. The van der Waals surface area contributed by atoms with Crippen LogP contribution in [0.25, 0.3) is 5.69 Å². The van der Waals surface area contributed by atoms with Gasteiger partial charge in [-0.2, -0.15) is 4.68 Å². The minimum Gasteiger partial charge on any atom is -0.494 e. The van der Waals surface area contributed by atoms with Gasteiger partial charge in [0.05, 0.1) is 13.7 Å². The van der Waals surface area contributed by atoms with E-state index in [0.717, 1.165) is 12.1 Å². The average molecular weight is 248 g/mol. The van der Waals surface area contributed by atoms with Crippen molar-refractivity contribution in [2.45, 2.75) is 19.8 Å². The highest BCUT2D eigenvalue weighted by Gasteiger charge is 2.12. The number of aromatic nitrogens is 4. The third-order valence-corrected chi connectivity index (χ3v) is 2.75. The second-order valence-corrected chi connectivity index (χ2v) is 3.84. The SMILES string of the molecule is CCc1ccc(OC)c(-n2nnnc2CCO)c1. The molecule has 0 aliphatic carbocycles. The van der Waals surface area contributed by atoms with Gasteiger partial charge in [-0.05, 0) is 34.5 Å². The summed E-state index contributed by atoms with van der Waals surface area (Å²) in [5.41, 5.74) is 1.97. The van der Waals surface area contributed by atoms with Gasteiger partial charge in [0.15, 0.2) is 5.82 Å². The molecule has 6 nitrogen and oxygen atoms in total. The van der Waals surface area contributed by atoms with Crippen LogP contribution in [0.2, 0.25) is 0 Å². The Labute approximate surface area is 105 Å². The molecule has 0 aliphatic heterocycles. The molecule has 1 N–H and O–H groups in total. The molecular weight excluding hydrogens is 232 g/mol. The second kappa shape index (κ2) is 5.59. The molecule has 0 spiro atoms. The fraction of sp³-hybridized carbons (Fsp3) is 0.417. The molecule has 0 amide bonds. The van der Waals surface area contributed by atoms with Gasteiger partial charge in [0.2, 0.25) is 0 Å². The molecule has 1 heterocycles. The van der Waals surface area contributed by atoms with E-state index in [1.54, 1.807) is 11.8 Å². The van der Waals surface area contributed by atoms with Gasteiger partial charge < -0.3 is 9.84 Å². The first-order valence-corrected chi connectivity index (χ1v) is 5.85. The van der Waals surface area contributed by atoms with Crippen LogP contribution in [0, 0.1) is 0 Å². The monoisotopic (exact) mass is 248 g/mol. The Hall–Kier alpha value is -1.95. The topological polar surface area (TPSA) is 73.1 Å². The van der Waals surface area contributed by atoms with Crippen molar-refractivity contribution in [1.82, 2.24) is 20.2 Å². The van der Waals surface area contributed by atoms with Gasteiger partial charge in [-0.3, -0.25) is 0 Å². The van der Waals surface area contributed by atoms with Gasteiger partial charge in [0.1, 0.15) is 11.4 Å². The van der Waals surface area contributed by atoms with E-state index in [2.05, 4.69) is 22.4 Å². The summed E-state index contributed by atoms with van der Waals surface area (Å²) >= 11 is 0. The van der Waals surface area contributed by atoms with Crippen LogP contribution < -0.4 is 4.74 Å². The van der Waals surface area contributed by atoms with Gasteiger partial charge in [-0.15, -0.1) is 5.10 Å². The summed E-state index contributed by atoms with van der Waals surface area (Å²) in [5, 5.41) is 20.5. The van der Waals surface area contributed by atoms with E-state index in [0.29, 0.717) is 18.0 Å². The molecule has 2 aromatic rings. The third kappa shape index (κ3) is 2.33. The van der Waals surface area contributed by atoms with Crippen molar-refractivity contribution in [3.63, 3.8) is 0 Å². The van der Waals surface area contributed by atoms with Gasteiger partial charge in [0.25, 0.3) is 0 Å². The van der Waals surface area contributed by atoms with Crippen LogP contribution in [-0.2, 0) is 12.8 Å². The fourth-order valence-electron chi connectivity index (χ4n) is 1.77. The van der Waals surface area contributed by atoms with Crippen LogP contribution >= 0.6 is 0 Å². The number of hydrogen-bond donors (Lipinski definition) is 1. The Balaban J connectivity index is 2.50. The molecule has 6 heteroatoms. The van der Waals surface area contributed by atoms with E-state index in [1.165, 1.54) is 5.56 Å². The van der Waals surface area contributed by atoms with Crippen molar-refractivity contribution in [1.29, 1.82) is 0 Å². The zero-order valence-electron chi connectivity index (χ0n) is 10.5. The van der Waals surface area contributed by atoms with Crippen LogP contribution in [0.5, 0.6) is 5.75 Å². The summed E-state index contributed by atoms with van der Waals surface area (Å²) in [6.45, 7) is 2.09. The molecule has 0 fully saturated rings. The lowest BCUT2D eigenvalue weighted by molar-refractivity contribution is 0.295.